The van der Waals surface area contributed by atoms with Crippen LogP contribution in [0.5, 0.6) is 0 Å². The van der Waals surface area contributed by atoms with Crippen molar-refractivity contribution >= 4 is 0 Å². The highest BCUT2D eigenvalue weighted by molar-refractivity contribution is 5.38. The third-order valence-electron chi connectivity index (χ3n) is 2.79. The average Bonchev–Trinajstić information content (AvgIpc) is 2.23. The van der Waals surface area contributed by atoms with Crippen LogP contribution < -0.4 is 0 Å². The summed E-state index contributed by atoms with van der Waals surface area (Å²) in [4.78, 5) is 0. The van der Waals surface area contributed by atoms with Gasteiger partial charge in [-0.05, 0) is 29.0 Å². The quantitative estimate of drug-likeness (QED) is 0.791. The van der Waals surface area contributed by atoms with Gasteiger partial charge in [-0.25, -0.2) is 0 Å². The third-order valence-corrected chi connectivity index (χ3v) is 2.79. The van der Waals surface area contributed by atoms with Gasteiger partial charge in [0.15, 0.2) is 0 Å². The number of rotatable bonds is 3. The first-order valence-electron chi connectivity index (χ1n) is 5.86. The van der Waals surface area contributed by atoms with Crippen LogP contribution in [0.25, 0.3) is 0 Å². The smallest absolute Gasteiger partial charge is 0.384 e. The second-order valence-electron chi connectivity index (χ2n) is 5.37. The van der Waals surface area contributed by atoms with Gasteiger partial charge in [-0.1, -0.05) is 32.9 Å². The normalized spacial score (nSPS) is 12.8. The van der Waals surface area contributed by atoms with E-state index in [-0.39, 0.29) is 0 Å². The fourth-order valence-corrected chi connectivity index (χ4v) is 1.86. The molecule has 0 saturated carbocycles. The predicted octanol–water partition coefficient (Wildman–Crippen LogP) is 4.19. The highest BCUT2D eigenvalue weighted by Gasteiger charge is 2.36. The Labute approximate surface area is 106 Å². The minimum absolute atomic E-state index is 0.330. The van der Waals surface area contributed by atoms with E-state index in [9.17, 15) is 13.2 Å². The Kier molecular flexibility index (Phi) is 4.43. The van der Waals surface area contributed by atoms with Crippen molar-refractivity contribution in [2.24, 2.45) is 0 Å². The Balaban J connectivity index is 3.22. The highest BCUT2D eigenvalue weighted by atomic mass is 19.4. The molecule has 0 aromatic heterocycles. The second kappa shape index (κ2) is 5.31. The van der Waals surface area contributed by atoms with Crippen LogP contribution in [0.4, 0.5) is 13.2 Å². The van der Waals surface area contributed by atoms with Crippen LogP contribution in [0, 0.1) is 0 Å². The summed E-state index contributed by atoms with van der Waals surface area (Å²) < 4.78 is 44.0. The van der Waals surface area contributed by atoms with Crippen molar-refractivity contribution < 1.29 is 17.9 Å². The summed E-state index contributed by atoms with van der Waals surface area (Å²) >= 11 is 0. The monoisotopic (exact) mass is 260 g/mol. The van der Waals surface area contributed by atoms with Gasteiger partial charge in [-0.15, -0.1) is 0 Å². The van der Waals surface area contributed by atoms with Crippen LogP contribution in [-0.4, -0.2) is 13.7 Å². The molecular weight excluding hydrogens is 241 g/mol. The summed E-state index contributed by atoms with van der Waals surface area (Å²) in [5.74, 6) is 0. The largest absolute Gasteiger partial charge is 0.416 e. The van der Waals surface area contributed by atoms with Crippen LogP contribution >= 0.6 is 0 Å². The van der Waals surface area contributed by atoms with Crippen molar-refractivity contribution in [1.29, 1.82) is 0 Å². The molecule has 0 unspecified atom stereocenters. The second-order valence-corrected chi connectivity index (χ2v) is 5.37. The molecule has 0 atom stereocenters. The summed E-state index contributed by atoms with van der Waals surface area (Å²) in [5.41, 5.74) is -0.0816. The van der Waals surface area contributed by atoms with Crippen molar-refractivity contribution in [3.63, 3.8) is 0 Å². The standard InChI is InChI=1S/C14H19F3O/c1-13(2,3)11-6-5-10(7-8-18-4)9-12(11)14(15,16)17/h5-6,9H,7-8H2,1-4H3. The maximum absolute atomic E-state index is 13.0. The molecule has 0 heterocycles. The molecule has 102 valence electrons. The molecule has 0 radical (unpaired) electrons. The van der Waals surface area contributed by atoms with Gasteiger partial charge in [0.25, 0.3) is 0 Å². The number of hydrogen-bond donors (Lipinski definition) is 0. The van der Waals surface area contributed by atoms with E-state index in [4.69, 9.17) is 4.74 Å². The SMILES string of the molecule is COCCc1ccc(C(C)(C)C)c(C(F)(F)F)c1. The van der Waals surface area contributed by atoms with Gasteiger partial charge in [0, 0.05) is 7.11 Å². The third kappa shape index (κ3) is 3.73. The number of ether oxygens (including phenoxy) is 1. The molecule has 1 aromatic rings. The molecule has 0 bridgehead atoms. The number of alkyl halides is 3. The summed E-state index contributed by atoms with van der Waals surface area (Å²) in [6.45, 7) is 5.78. The first-order valence-corrected chi connectivity index (χ1v) is 5.86. The zero-order valence-electron chi connectivity index (χ0n) is 11.2. The summed E-state index contributed by atoms with van der Waals surface area (Å²) in [6, 6.07) is 4.56. The van der Waals surface area contributed by atoms with E-state index in [2.05, 4.69) is 0 Å². The lowest BCUT2D eigenvalue weighted by atomic mass is 9.82. The van der Waals surface area contributed by atoms with Crippen LogP contribution in [-0.2, 0) is 22.7 Å². The average molecular weight is 260 g/mol. The lowest BCUT2D eigenvalue weighted by Crippen LogP contribution is -2.20. The van der Waals surface area contributed by atoms with Crippen molar-refractivity contribution in [1.82, 2.24) is 0 Å². The van der Waals surface area contributed by atoms with Gasteiger partial charge in [-0.2, -0.15) is 13.2 Å². The predicted molar refractivity (Wildman–Crippen MR) is 65.7 cm³/mol. The molecule has 0 spiro atoms. The molecule has 4 heteroatoms. The number of hydrogen-bond acceptors (Lipinski definition) is 1. The van der Waals surface area contributed by atoms with E-state index >= 15 is 0 Å². The Morgan fingerprint density at radius 2 is 1.67 bits per heavy atom. The molecule has 0 amide bonds. The Hall–Kier alpha value is -1.03. The molecule has 0 saturated heterocycles. The van der Waals surface area contributed by atoms with E-state index in [1.165, 1.54) is 13.2 Å². The first-order chi connectivity index (χ1) is 8.16. The van der Waals surface area contributed by atoms with E-state index < -0.39 is 17.2 Å². The zero-order valence-corrected chi connectivity index (χ0v) is 11.2. The molecule has 1 aromatic carbocycles. The summed E-state index contributed by atoms with van der Waals surface area (Å²) in [6.07, 6.45) is -3.82. The molecule has 18 heavy (non-hydrogen) atoms. The lowest BCUT2D eigenvalue weighted by molar-refractivity contribution is -0.138. The van der Waals surface area contributed by atoms with Crippen LogP contribution in [0.2, 0.25) is 0 Å². The van der Waals surface area contributed by atoms with Gasteiger partial charge >= 0.3 is 6.18 Å². The van der Waals surface area contributed by atoms with E-state index in [0.717, 1.165) is 0 Å². The maximum atomic E-state index is 13.0. The number of methoxy groups -OCH3 is 1. The molecule has 0 N–H and O–H groups in total. The van der Waals surface area contributed by atoms with Gasteiger partial charge in [0.2, 0.25) is 0 Å². The van der Waals surface area contributed by atoms with Gasteiger partial charge < -0.3 is 4.74 Å². The first kappa shape index (κ1) is 15.0. The number of benzene rings is 1. The molecule has 1 rings (SSSR count). The molecule has 0 aliphatic heterocycles. The zero-order chi connectivity index (χ0) is 14.0. The topological polar surface area (TPSA) is 9.23 Å². The molecule has 0 aliphatic rings. The fraction of sp³-hybridized carbons (Fsp3) is 0.571. The Morgan fingerprint density at radius 3 is 2.11 bits per heavy atom. The van der Waals surface area contributed by atoms with Crippen molar-refractivity contribution in [2.75, 3.05) is 13.7 Å². The van der Waals surface area contributed by atoms with Gasteiger partial charge in [0.05, 0.1) is 12.2 Å². The summed E-state index contributed by atoms with van der Waals surface area (Å²) in [7, 11) is 1.54. The number of halogens is 3. The summed E-state index contributed by atoms with van der Waals surface area (Å²) in [5, 5.41) is 0. The van der Waals surface area contributed by atoms with Crippen molar-refractivity contribution in [3.05, 3.63) is 34.9 Å². The van der Waals surface area contributed by atoms with Gasteiger partial charge in [-0.3, -0.25) is 0 Å². The maximum Gasteiger partial charge on any atom is 0.416 e. The molecule has 1 nitrogen and oxygen atoms in total. The van der Waals surface area contributed by atoms with Crippen molar-refractivity contribution in [2.45, 2.75) is 38.8 Å². The molecule has 0 aliphatic carbocycles. The highest BCUT2D eigenvalue weighted by Crippen LogP contribution is 2.38. The van der Waals surface area contributed by atoms with Crippen LogP contribution in [0.3, 0.4) is 0 Å². The van der Waals surface area contributed by atoms with Crippen LogP contribution in [0.1, 0.15) is 37.5 Å². The Bertz CT molecular complexity index is 402. The van der Waals surface area contributed by atoms with E-state index in [0.29, 0.717) is 24.2 Å². The Morgan fingerprint density at radius 1 is 1.06 bits per heavy atom. The van der Waals surface area contributed by atoms with Gasteiger partial charge in [0.1, 0.15) is 0 Å². The fourth-order valence-electron chi connectivity index (χ4n) is 1.86. The lowest BCUT2D eigenvalue weighted by Gasteiger charge is -2.24. The minimum atomic E-state index is -4.31. The molecular formula is C14H19F3O. The molecule has 0 fully saturated rings. The van der Waals surface area contributed by atoms with Crippen molar-refractivity contribution in [3.8, 4) is 0 Å². The van der Waals surface area contributed by atoms with E-state index in [1.807, 2.05) is 0 Å². The van der Waals surface area contributed by atoms with Crippen LogP contribution in [0.15, 0.2) is 18.2 Å². The minimum Gasteiger partial charge on any atom is -0.384 e. The van der Waals surface area contributed by atoms with E-state index in [1.54, 1.807) is 32.9 Å².